The number of methoxy groups -OCH3 is 1. The van der Waals surface area contributed by atoms with Gasteiger partial charge >= 0.3 is 6.08 Å². The first-order valence-electron chi connectivity index (χ1n) is 8.48. The Labute approximate surface area is 161 Å². The van der Waals surface area contributed by atoms with Crippen LogP contribution in [0, 0.1) is 11.6 Å². The fraction of sp³-hybridized carbons (Fsp3) is 0.0526. The van der Waals surface area contributed by atoms with Crippen molar-refractivity contribution in [1.82, 2.24) is 29.7 Å². The summed E-state index contributed by atoms with van der Waals surface area (Å²) in [4.78, 5) is 8.47. The summed E-state index contributed by atoms with van der Waals surface area (Å²) in [7, 11) is 1.43. The van der Waals surface area contributed by atoms with Gasteiger partial charge in [-0.3, -0.25) is 14.0 Å². The maximum atomic E-state index is 14.3. The van der Waals surface area contributed by atoms with E-state index in [0.29, 0.717) is 28.4 Å². The highest BCUT2D eigenvalue weighted by Crippen LogP contribution is 2.33. The van der Waals surface area contributed by atoms with Crippen molar-refractivity contribution in [1.29, 1.82) is 0 Å². The SMILES string of the molecule is COc1nc(-c2cnc3ccc(-c4cn[nH]c4-c4ccc(F)cc4F)cn23)no1. The van der Waals surface area contributed by atoms with E-state index in [0.717, 1.165) is 11.6 Å². The van der Waals surface area contributed by atoms with Gasteiger partial charge in [-0.25, -0.2) is 13.8 Å². The Morgan fingerprint density at radius 2 is 2.00 bits per heavy atom. The molecule has 0 aliphatic rings. The minimum Gasteiger partial charge on any atom is -0.452 e. The number of aromatic nitrogens is 6. The minimum absolute atomic E-state index is 0.0370. The molecule has 4 heterocycles. The van der Waals surface area contributed by atoms with Gasteiger partial charge in [-0.05, 0) is 24.3 Å². The van der Waals surface area contributed by atoms with Crippen LogP contribution in [0.15, 0.2) is 53.4 Å². The third kappa shape index (κ3) is 2.81. The number of halogens is 2. The summed E-state index contributed by atoms with van der Waals surface area (Å²) in [5.74, 6) is -1.02. The van der Waals surface area contributed by atoms with E-state index in [1.54, 1.807) is 29.1 Å². The van der Waals surface area contributed by atoms with Crippen LogP contribution < -0.4 is 4.74 Å². The van der Waals surface area contributed by atoms with Gasteiger partial charge in [0.2, 0.25) is 5.82 Å². The molecule has 0 spiro atoms. The van der Waals surface area contributed by atoms with E-state index in [-0.39, 0.29) is 11.6 Å². The highest BCUT2D eigenvalue weighted by Gasteiger charge is 2.17. The number of fused-ring (bicyclic) bond motifs is 1. The van der Waals surface area contributed by atoms with E-state index in [1.165, 1.54) is 19.2 Å². The molecule has 0 saturated heterocycles. The highest BCUT2D eigenvalue weighted by molar-refractivity contribution is 5.81. The quantitative estimate of drug-likeness (QED) is 0.499. The third-order valence-electron chi connectivity index (χ3n) is 4.47. The Balaban J connectivity index is 1.64. The second kappa shape index (κ2) is 6.51. The summed E-state index contributed by atoms with van der Waals surface area (Å²) >= 11 is 0. The summed E-state index contributed by atoms with van der Waals surface area (Å²) in [6, 6.07) is 7.03. The van der Waals surface area contributed by atoms with Crippen molar-refractivity contribution in [3.05, 3.63) is 60.6 Å². The number of nitrogens with zero attached hydrogens (tertiary/aromatic N) is 5. The number of pyridine rings is 1. The van der Waals surface area contributed by atoms with E-state index in [2.05, 4.69) is 25.3 Å². The lowest BCUT2D eigenvalue weighted by molar-refractivity contribution is 0.250. The van der Waals surface area contributed by atoms with Crippen LogP contribution in [0.1, 0.15) is 0 Å². The van der Waals surface area contributed by atoms with Crippen molar-refractivity contribution in [3.8, 4) is 40.0 Å². The summed E-state index contributed by atoms with van der Waals surface area (Å²) in [6.45, 7) is 0. The first kappa shape index (κ1) is 17.0. The minimum atomic E-state index is -0.682. The Bertz CT molecular complexity index is 1340. The number of benzene rings is 1. The zero-order chi connectivity index (χ0) is 20.0. The van der Waals surface area contributed by atoms with Crippen molar-refractivity contribution in [2.24, 2.45) is 0 Å². The third-order valence-corrected chi connectivity index (χ3v) is 4.47. The van der Waals surface area contributed by atoms with Crippen LogP contribution in [0.5, 0.6) is 6.08 Å². The number of aromatic amines is 1. The van der Waals surface area contributed by atoms with Crippen LogP contribution in [0.4, 0.5) is 8.78 Å². The fourth-order valence-electron chi connectivity index (χ4n) is 3.10. The molecule has 0 unspecified atom stereocenters. The van der Waals surface area contributed by atoms with Gasteiger partial charge in [-0.2, -0.15) is 10.1 Å². The molecule has 0 radical (unpaired) electrons. The van der Waals surface area contributed by atoms with E-state index in [9.17, 15) is 8.78 Å². The van der Waals surface area contributed by atoms with Crippen molar-refractivity contribution in [3.63, 3.8) is 0 Å². The lowest BCUT2D eigenvalue weighted by Gasteiger charge is -2.07. The predicted molar refractivity (Wildman–Crippen MR) is 98.0 cm³/mol. The number of imidazole rings is 1. The predicted octanol–water partition coefficient (Wildman–Crippen LogP) is 3.73. The molecule has 0 fully saturated rings. The number of hydrogen-bond acceptors (Lipinski definition) is 6. The Morgan fingerprint density at radius 3 is 2.79 bits per heavy atom. The van der Waals surface area contributed by atoms with Gasteiger partial charge in [-0.15, -0.1) is 0 Å². The summed E-state index contributed by atoms with van der Waals surface area (Å²) in [5, 5.41) is 10.7. The molecular formula is C19H12F2N6O2. The first-order valence-corrected chi connectivity index (χ1v) is 8.48. The molecule has 0 aliphatic carbocycles. The maximum Gasteiger partial charge on any atom is 0.417 e. The van der Waals surface area contributed by atoms with E-state index in [4.69, 9.17) is 9.26 Å². The molecule has 4 aromatic heterocycles. The molecule has 10 heteroatoms. The molecule has 1 aromatic carbocycles. The van der Waals surface area contributed by atoms with Gasteiger partial charge in [0, 0.05) is 29.0 Å². The Hall–Kier alpha value is -4.08. The van der Waals surface area contributed by atoms with Gasteiger partial charge in [0.1, 0.15) is 23.0 Å². The molecule has 0 saturated carbocycles. The second-order valence-electron chi connectivity index (χ2n) is 6.16. The topological polar surface area (TPSA) is 94.1 Å². The average Bonchev–Trinajstić information content (AvgIpc) is 3.46. The van der Waals surface area contributed by atoms with E-state index >= 15 is 0 Å². The molecule has 144 valence electrons. The molecule has 5 aromatic rings. The lowest BCUT2D eigenvalue weighted by Crippen LogP contribution is -1.93. The summed E-state index contributed by atoms with van der Waals surface area (Å²) < 4.78 is 39.3. The second-order valence-corrected chi connectivity index (χ2v) is 6.16. The zero-order valence-electron chi connectivity index (χ0n) is 14.9. The maximum absolute atomic E-state index is 14.3. The largest absolute Gasteiger partial charge is 0.452 e. The van der Waals surface area contributed by atoms with Gasteiger partial charge in [0.05, 0.1) is 25.2 Å². The number of rotatable bonds is 4. The molecule has 0 amide bonds. The lowest BCUT2D eigenvalue weighted by atomic mass is 10.0. The first-order chi connectivity index (χ1) is 14.1. The van der Waals surface area contributed by atoms with E-state index < -0.39 is 11.6 Å². The monoisotopic (exact) mass is 394 g/mol. The normalized spacial score (nSPS) is 11.3. The van der Waals surface area contributed by atoms with Crippen molar-refractivity contribution < 1.29 is 18.0 Å². The van der Waals surface area contributed by atoms with Gasteiger partial charge < -0.3 is 4.74 Å². The van der Waals surface area contributed by atoms with Crippen LogP contribution in [0.25, 0.3) is 39.5 Å². The smallest absolute Gasteiger partial charge is 0.417 e. The van der Waals surface area contributed by atoms with Crippen molar-refractivity contribution in [2.45, 2.75) is 0 Å². The van der Waals surface area contributed by atoms with Crippen LogP contribution in [0.3, 0.4) is 0 Å². The van der Waals surface area contributed by atoms with Gasteiger partial charge in [0.25, 0.3) is 0 Å². The van der Waals surface area contributed by atoms with Crippen LogP contribution in [-0.4, -0.2) is 36.8 Å². The van der Waals surface area contributed by atoms with Crippen LogP contribution >= 0.6 is 0 Å². The number of nitrogens with one attached hydrogen (secondary N) is 1. The van der Waals surface area contributed by atoms with Crippen LogP contribution in [-0.2, 0) is 0 Å². The fourth-order valence-corrected chi connectivity index (χ4v) is 3.10. The number of hydrogen-bond donors (Lipinski definition) is 1. The molecule has 0 atom stereocenters. The molecule has 0 aliphatic heterocycles. The van der Waals surface area contributed by atoms with E-state index in [1.807, 2.05) is 6.07 Å². The summed E-state index contributed by atoms with van der Waals surface area (Å²) in [6.07, 6.45) is 5.03. The average molecular weight is 394 g/mol. The number of H-pyrrole nitrogens is 1. The molecule has 29 heavy (non-hydrogen) atoms. The van der Waals surface area contributed by atoms with Crippen molar-refractivity contribution >= 4 is 5.65 Å². The Morgan fingerprint density at radius 1 is 1.10 bits per heavy atom. The van der Waals surface area contributed by atoms with Crippen molar-refractivity contribution in [2.75, 3.05) is 7.11 Å². The standard InChI is InChI=1S/C19H12F2N6O2/c1-28-19-24-18(26-29-19)15-8-22-16-5-2-10(9-27(15)16)13-7-23-25-17(13)12-4-3-11(20)6-14(12)21/h2-9H,1H3,(H,23,25). The molecule has 5 rings (SSSR count). The number of ether oxygens (including phenoxy) is 1. The summed E-state index contributed by atoms with van der Waals surface area (Å²) in [5.41, 5.74) is 3.28. The molecular weight excluding hydrogens is 382 g/mol. The molecule has 0 bridgehead atoms. The highest BCUT2D eigenvalue weighted by atomic mass is 19.1. The molecule has 8 nitrogen and oxygen atoms in total. The Kier molecular flexibility index (Phi) is 3.83. The van der Waals surface area contributed by atoms with Gasteiger partial charge in [0.15, 0.2) is 0 Å². The molecule has 1 N–H and O–H groups in total. The van der Waals surface area contributed by atoms with Crippen LogP contribution in [0.2, 0.25) is 0 Å². The zero-order valence-corrected chi connectivity index (χ0v) is 14.9. The van der Waals surface area contributed by atoms with Gasteiger partial charge in [-0.1, -0.05) is 5.16 Å².